The van der Waals surface area contributed by atoms with Crippen LogP contribution in [0.2, 0.25) is 0 Å². The normalized spacial score (nSPS) is 16.0. The molecule has 0 saturated carbocycles. The number of aromatic nitrogens is 3. The van der Waals surface area contributed by atoms with Crippen LogP contribution in [0.1, 0.15) is 45.4 Å². The summed E-state index contributed by atoms with van der Waals surface area (Å²) in [5.41, 5.74) is -1.12. The zero-order valence-corrected chi connectivity index (χ0v) is 25.3. The Kier molecular flexibility index (Phi) is 8.82. The second kappa shape index (κ2) is 12.8. The van der Waals surface area contributed by atoms with Crippen LogP contribution in [0.3, 0.4) is 0 Å². The molecule has 2 fully saturated rings. The predicted molar refractivity (Wildman–Crippen MR) is 163 cm³/mol. The molecule has 6 rings (SSSR count). The molecule has 2 aromatic carbocycles. The van der Waals surface area contributed by atoms with Gasteiger partial charge in [-0.25, -0.2) is 22.5 Å². The molecule has 2 aliphatic heterocycles. The number of unbranched alkanes of at least 4 members (excludes halogenated alkanes) is 1. The molecule has 3 N–H and O–H groups in total. The SMILES string of the molecule is CCCCNCCNc1nc(OCC23CCCN2CCC3)nc2c(F)c(-c3cc(O)cc4cc(F)c(F)c(F)c34)nc(OC)c12. The lowest BCUT2D eigenvalue weighted by molar-refractivity contribution is 0.108. The molecule has 240 valence electrons. The summed E-state index contributed by atoms with van der Waals surface area (Å²) < 4.78 is 71.9. The van der Waals surface area contributed by atoms with Crippen molar-refractivity contribution in [2.45, 2.75) is 51.0 Å². The zero-order valence-electron chi connectivity index (χ0n) is 25.3. The molecule has 13 heteroatoms. The summed E-state index contributed by atoms with van der Waals surface area (Å²) in [4.78, 5) is 15.8. The number of hydrogen-bond donors (Lipinski definition) is 3. The van der Waals surface area contributed by atoms with E-state index in [0.29, 0.717) is 19.7 Å². The molecule has 4 aromatic rings. The third kappa shape index (κ3) is 5.79. The van der Waals surface area contributed by atoms with Crippen molar-refractivity contribution in [3.05, 3.63) is 41.5 Å². The van der Waals surface area contributed by atoms with Crippen molar-refractivity contribution >= 4 is 27.5 Å². The standard InChI is InChI=1S/C32H36F4N6O3/c1-3-4-9-37-10-11-38-29-23-28(40-31(41-29)45-17-32-7-5-12-42(32)13-6-8-32)26(36)27(39-30(23)44-2)20-16-19(43)14-18-15-21(33)24(34)25(35)22(18)20/h14-16,37,43H,3-13,17H2,1-2H3,(H,38,40,41). The maximum Gasteiger partial charge on any atom is 0.319 e. The fraction of sp³-hybridized carbons (Fsp3) is 0.469. The maximum atomic E-state index is 16.6. The van der Waals surface area contributed by atoms with Crippen molar-refractivity contribution in [1.82, 2.24) is 25.2 Å². The van der Waals surface area contributed by atoms with Crippen LogP contribution in [0.4, 0.5) is 23.4 Å². The summed E-state index contributed by atoms with van der Waals surface area (Å²) in [5, 5.41) is 16.4. The molecular formula is C32H36F4N6O3. The number of phenolic OH excluding ortho intramolecular Hbond substituents is 1. The highest BCUT2D eigenvalue weighted by molar-refractivity contribution is 6.01. The second-order valence-corrected chi connectivity index (χ2v) is 11.7. The zero-order chi connectivity index (χ0) is 31.7. The van der Waals surface area contributed by atoms with Gasteiger partial charge in [-0.1, -0.05) is 13.3 Å². The summed E-state index contributed by atoms with van der Waals surface area (Å²) in [6, 6.07) is 2.76. The van der Waals surface area contributed by atoms with Gasteiger partial charge in [-0.3, -0.25) is 4.90 Å². The number of methoxy groups -OCH3 is 1. The summed E-state index contributed by atoms with van der Waals surface area (Å²) in [6.07, 6.45) is 6.19. The van der Waals surface area contributed by atoms with Gasteiger partial charge < -0.3 is 25.2 Å². The molecular weight excluding hydrogens is 592 g/mol. The van der Waals surface area contributed by atoms with Gasteiger partial charge in [0.2, 0.25) is 5.88 Å². The molecule has 45 heavy (non-hydrogen) atoms. The van der Waals surface area contributed by atoms with Gasteiger partial charge in [0.05, 0.1) is 12.6 Å². The van der Waals surface area contributed by atoms with Crippen LogP contribution in [-0.2, 0) is 0 Å². The van der Waals surface area contributed by atoms with Crippen LogP contribution in [0, 0.1) is 23.3 Å². The number of benzene rings is 2. The van der Waals surface area contributed by atoms with Gasteiger partial charge in [-0.15, -0.1) is 0 Å². The van der Waals surface area contributed by atoms with Crippen LogP contribution < -0.4 is 20.1 Å². The molecule has 0 aliphatic carbocycles. The summed E-state index contributed by atoms with van der Waals surface area (Å²) in [7, 11) is 1.33. The van der Waals surface area contributed by atoms with Gasteiger partial charge in [-0.2, -0.15) is 9.97 Å². The predicted octanol–water partition coefficient (Wildman–Crippen LogP) is 5.92. The molecule has 0 spiro atoms. The van der Waals surface area contributed by atoms with Gasteiger partial charge in [0, 0.05) is 24.0 Å². The Morgan fingerprint density at radius 3 is 2.44 bits per heavy atom. The first-order chi connectivity index (χ1) is 21.8. The minimum Gasteiger partial charge on any atom is -0.508 e. The molecule has 9 nitrogen and oxygen atoms in total. The Morgan fingerprint density at radius 2 is 1.71 bits per heavy atom. The van der Waals surface area contributed by atoms with Crippen molar-refractivity contribution in [1.29, 1.82) is 0 Å². The van der Waals surface area contributed by atoms with Crippen molar-refractivity contribution in [2.24, 2.45) is 0 Å². The van der Waals surface area contributed by atoms with E-state index in [4.69, 9.17) is 9.47 Å². The van der Waals surface area contributed by atoms with E-state index in [-0.39, 0.29) is 45.1 Å². The quantitative estimate of drug-likeness (QED) is 0.100. The molecule has 0 radical (unpaired) electrons. The van der Waals surface area contributed by atoms with E-state index >= 15 is 8.78 Å². The Morgan fingerprint density at radius 1 is 0.933 bits per heavy atom. The van der Waals surface area contributed by atoms with Crippen molar-refractivity contribution < 1.29 is 32.1 Å². The highest BCUT2D eigenvalue weighted by atomic mass is 19.2. The summed E-state index contributed by atoms with van der Waals surface area (Å²) >= 11 is 0. The lowest BCUT2D eigenvalue weighted by Crippen LogP contribution is -2.43. The van der Waals surface area contributed by atoms with Crippen LogP contribution in [0.5, 0.6) is 17.6 Å². The monoisotopic (exact) mass is 628 g/mol. The largest absolute Gasteiger partial charge is 0.508 e. The number of phenols is 1. The van der Waals surface area contributed by atoms with E-state index in [1.165, 1.54) is 7.11 Å². The summed E-state index contributed by atoms with van der Waals surface area (Å²) in [6.45, 7) is 6.33. The Labute approximate surface area is 258 Å². The van der Waals surface area contributed by atoms with Gasteiger partial charge in [0.15, 0.2) is 23.3 Å². The van der Waals surface area contributed by atoms with Crippen LogP contribution in [-0.4, -0.2) is 76.9 Å². The fourth-order valence-electron chi connectivity index (χ4n) is 6.60. The Hall–Kier alpha value is -3.97. The Balaban J connectivity index is 1.47. The number of hydrogen-bond acceptors (Lipinski definition) is 9. The van der Waals surface area contributed by atoms with E-state index in [0.717, 1.165) is 76.4 Å². The van der Waals surface area contributed by atoms with Gasteiger partial charge >= 0.3 is 6.01 Å². The molecule has 2 aliphatic rings. The molecule has 0 unspecified atom stereocenters. The highest BCUT2D eigenvalue weighted by Crippen LogP contribution is 2.42. The minimum absolute atomic E-state index is 0.0600. The number of rotatable bonds is 12. The van der Waals surface area contributed by atoms with Crippen LogP contribution >= 0.6 is 0 Å². The topological polar surface area (TPSA) is 105 Å². The van der Waals surface area contributed by atoms with E-state index < -0.39 is 40.1 Å². The molecule has 4 heterocycles. The van der Waals surface area contributed by atoms with E-state index in [9.17, 15) is 13.9 Å². The van der Waals surface area contributed by atoms with Crippen molar-refractivity contribution in [3.63, 3.8) is 0 Å². The number of pyridine rings is 1. The first kappa shape index (κ1) is 31.0. The lowest BCUT2D eigenvalue weighted by Gasteiger charge is -2.31. The van der Waals surface area contributed by atoms with Crippen LogP contribution in [0.15, 0.2) is 18.2 Å². The van der Waals surface area contributed by atoms with Crippen molar-refractivity contribution in [2.75, 3.05) is 51.8 Å². The smallest absolute Gasteiger partial charge is 0.319 e. The van der Waals surface area contributed by atoms with Crippen molar-refractivity contribution in [3.8, 4) is 28.9 Å². The van der Waals surface area contributed by atoms with E-state index in [2.05, 4.69) is 37.4 Å². The van der Waals surface area contributed by atoms with Gasteiger partial charge in [0.1, 0.15) is 34.8 Å². The average Bonchev–Trinajstić information content (AvgIpc) is 3.61. The molecule has 0 atom stereocenters. The van der Waals surface area contributed by atoms with E-state index in [1.54, 1.807) is 0 Å². The summed E-state index contributed by atoms with van der Waals surface area (Å²) in [5.74, 6) is -6.00. The van der Waals surface area contributed by atoms with Crippen LogP contribution in [0.25, 0.3) is 32.9 Å². The molecule has 2 saturated heterocycles. The first-order valence-electron chi connectivity index (χ1n) is 15.3. The second-order valence-electron chi connectivity index (χ2n) is 11.7. The number of nitrogens with zero attached hydrogens (tertiary/aromatic N) is 4. The molecule has 0 amide bonds. The van der Waals surface area contributed by atoms with E-state index in [1.807, 2.05) is 0 Å². The number of fused-ring (bicyclic) bond motifs is 3. The first-order valence-corrected chi connectivity index (χ1v) is 15.3. The maximum absolute atomic E-state index is 16.6. The van der Waals surface area contributed by atoms with Gasteiger partial charge in [0.25, 0.3) is 0 Å². The number of nitrogens with one attached hydrogen (secondary N) is 2. The number of anilines is 1. The minimum atomic E-state index is -1.73. The number of aromatic hydroxyl groups is 1. The third-order valence-electron chi connectivity index (χ3n) is 8.82. The Bertz CT molecular complexity index is 1730. The highest BCUT2D eigenvalue weighted by Gasteiger charge is 2.45. The lowest BCUT2D eigenvalue weighted by atomic mass is 9.95. The molecule has 2 aromatic heterocycles. The number of ether oxygens (including phenoxy) is 2. The van der Waals surface area contributed by atoms with Gasteiger partial charge in [-0.05, 0) is 75.3 Å². The number of halogens is 4. The molecule has 0 bridgehead atoms. The third-order valence-corrected chi connectivity index (χ3v) is 8.82. The average molecular weight is 629 g/mol. The fourth-order valence-corrected chi connectivity index (χ4v) is 6.60.